The summed E-state index contributed by atoms with van der Waals surface area (Å²) >= 11 is 0. The summed E-state index contributed by atoms with van der Waals surface area (Å²) in [5, 5.41) is 21.6. The number of hydrogen-bond acceptors (Lipinski definition) is 7. The lowest BCUT2D eigenvalue weighted by Gasteiger charge is -2.70. The Labute approximate surface area is 259 Å². The number of hydrogen-bond donors (Lipinski definition) is 1. The minimum atomic E-state index is -0.598. The third kappa shape index (κ3) is 4.21. The zero-order chi connectivity index (χ0) is 31.9. The number of aliphatic hydroxyl groups is 1. The van der Waals surface area contributed by atoms with Crippen LogP contribution in [0.2, 0.25) is 0 Å². The van der Waals surface area contributed by atoms with Gasteiger partial charge in [-0.3, -0.25) is 9.59 Å². The molecule has 236 valence electrons. The summed E-state index contributed by atoms with van der Waals surface area (Å²) in [6.45, 7) is 14.0. The van der Waals surface area contributed by atoms with Crippen molar-refractivity contribution < 1.29 is 24.4 Å². The van der Waals surface area contributed by atoms with E-state index in [0.717, 1.165) is 56.1 Å². The summed E-state index contributed by atoms with van der Waals surface area (Å²) in [5.41, 5.74) is 3.11. The number of rotatable bonds is 6. The largest absolute Gasteiger partial charge is 0.504 e. The fraction of sp³-hybridized carbons (Fsp3) is 0.629. The van der Waals surface area contributed by atoms with Crippen molar-refractivity contribution in [2.75, 3.05) is 6.61 Å². The molecule has 9 nitrogen and oxygen atoms in total. The van der Waals surface area contributed by atoms with Crippen LogP contribution in [-0.4, -0.2) is 37.9 Å². The van der Waals surface area contributed by atoms with Crippen molar-refractivity contribution in [3.8, 4) is 0 Å². The van der Waals surface area contributed by atoms with Crippen LogP contribution >= 0.6 is 0 Å². The zero-order valence-electron chi connectivity index (χ0n) is 26.9. The normalized spacial score (nSPS) is 37.9. The molecule has 5 aliphatic carbocycles. The second-order valence-corrected chi connectivity index (χ2v) is 15.3. The van der Waals surface area contributed by atoms with Crippen LogP contribution < -0.4 is 0 Å². The second-order valence-electron chi connectivity index (χ2n) is 15.3. The van der Waals surface area contributed by atoms with E-state index in [-0.39, 0.29) is 51.7 Å². The van der Waals surface area contributed by atoms with Gasteiger partial charge in [-0.15, -0.1) is 0 Å². The van der Waals surface area contributed by atoms with Crippen LogP contribution in [0.25, 0.3) is 0 Å². The molecule has 9 heteroatoms. The number of imidazole rings is 1. The lowest BCUT2D eigenvalue weighted by molar-refractivity contribution is -0.396. The van der Waals surface area contributed by atoms with Gasteiger partial charge in [0, 0.05) is 17.4 Å². The quantitative estimate of drug-likeness (QED) is 0.156. The van der Waals surface area contributed by atoms with Crippen molar-refractivity contribution in [3.05, 3.63) is 68.8 Å². The number of aliphatic hydroxyl groups excluding tert-OH is 1. The number of aromatic nitrogens is 2. The molecule has 3 saturated carbocycles. The number of ether oxygens (including phenoxy) is 1. The van der Waals surface area contributed by atoms with Crippen molar-refractivity contribution in [2.24, 2.45) is 33.0 Å². The summed E-state index contributed by atoms with van der Waals surface area (Å²) in [6, 6.07) is 0. The number of aryl methyl sites for hydroxylation is 1. The smallest absolute Gasteiger partial charge is 0.434 e. The van der Waals surface area contributed by atoms with E-state index in [1.54, 1.807) is 12.3 Å². The summed E-state index contributed by atoms with van der Waals surface area (Å²) in [4.78, 5) is 40.9. The summed E-state index contributed by atoms with van der Waals surface area (Å²) in [5.74, 6) is -0.525. The Morgan fingerprint density at radius 2 is 1.84 bits per heavy atom. The van der Waals surface area contributed by atoms with Gasteiger partial charge in [0.05, 0.1) is 18.6 Å². The maximum absolute atomic E-state index is 13.7. The van der Waals surface area contributed by atoms with Gasteiger partial charge in [-0.05, 0) is 103 Å². The number of fused-ring (bicyclic) bond motifs is 7. The Morgan fingerprint density at radius 1 is 1.11 bits per heavy atom. The highest BCUT2D eigenvalue weighted by atomic mass is 16.6. The molecule has 1 aromatic heterocycles. The number of nitro groups is 1. The first-order valence-electron chi connectivity index (χ1n) is 16.0. The third-order valence-corrected chi connectivity index (χ3v) is 13.0. The topological polar surface area (TPSA) is 125 Å². The second kappa shape index (κ2) is 10.0. The van der Waals surface area contributed by atoms with Gasteiger partial charge in [-0.1, -0.05) is 50.4 Å². The van der Waals surface area contributed by atoms with Gasteiger partial charge in [-0.2, -0.15) is 0 Å². The molecule has 1 N–H and O–H groups in total. The van der Waals surface area contributed by atoms with Crippen LogP contribution in [-0.2, 0) is 20.9 Å². The van der Waals surface area contributed by atoms with Crippen molar-refractivity contribution in [2.45, 2.75) is 99.5 Å². The van der Waals surface area contributed by atoms with Gasteiger partial charge in [0.15, 0.2) is 5.76 Å². The molecule has 1 heterocycles. The zero-order valence-corrected chi connectivity index (χ0v) is 26.9. The van der Waals surface area contributed by atoms with Crippen molar-refractivity contribution >= 4 is 17.7 Å². The molecular formula is C35H45N3O6. The van der Waals surface area contributed by atoms with Crippen molar-refractivity contribution in [3.63, 3.8) is 0 Å². The summed E-state index contributed by atoms with van der Waals surface area (Å²) in [6.07, 6.45) is 16.1. The number of esters is 1. The molecule has 5 aliphatic rings. The highest BCUT2D eigenvalue weighted by molar-refractivity contribution is 6.06. The standard InChI is InChI=1S/C35H45N3O6/c1-22-23-8-9-26-33(4,24(23)20-25(39)28(22)40)13-15-35(6)27-21-32(3,11-10-31(27,2)12-14-34(26,35)5)29(41)44-19-7-17-37-18-16-36-30(37)38(42)43/h8-9,16,18,20,27,40H,7,10-15,17,19,21H2,1-6H3/t27-,31-,32-,33+,34-,35+/m1/s1. The average Bonchev–Trinajstić information content (AvgIpc) is 3.46. The number of allylic oxidation sites excluding steroid dienone is 7. The Hall–Kier alpha value is -3.49. The summed E-state index contributed by atoms with van der Waals surface area (Å²) in [7, 11) is 0. The monoisotopic (exact) mass is 603 g/mol. The van der Waals surface area contributed by atoms with Crippen LogP contribution in [0, 0.1) is 43.1 Å². The van der Waals surface area contributed by atoms with E-state index in [9.17, 15) is 24.8 Å². The molecule has 0 spiro atoms. The van der Waals surface area contributed by atoms with Gasteiger partial charge in [0.1, 0.15) is 12.4 Å². The minimum Gasteiger partial charge on any atom is -0.504 e. The number of ketones is 1. The van der Waals surface area contributed by atoms with Crippen LogP contribution in [0.4, 0.5) is 5.95 Å². The van der Waals surface area contributed by atoms with Gasteiger partial charge in [0.25, 0.3) is 0 Å². The molecule has 1 aromatic rings. The van der Waals surface area contributed by atoms with E-state index in [0.29, 0.717) is 24.5 Å². The summed E-state index contributed by atoms with van der Waals surface area (Å²) < 4.78 is 7.33. The third-order valence-electron chi connectivity index (χ3n) is 13.0. The van der Waals surface area contributed by atoms with E-state index in [1.165, 1.54) is 16.3 Å². The van der Waals surface area contributed by atoms with Crippen LogP contribution in [0.15, 0.2) is 58.7 Å². The van der Waals surface area contributed by atoms with Crippen molar-refractivity contribution in [1.29, 1.82) is 0 Å². The first kappa shape index (κ1) is 30.5. The molecule has 6 atom stereocenters. The Kier molecular flexibility index (Phi) is 6.95. The van der Waals surface area contributed by atoms with E-state index in [2.05, 4.69) is 51.8 Å². The molecule has 44 heavy (non-hydrogen) atoms. The maximum Gasteiger partial charge on any atom is 0.434 e. The maximum atomic E-state index is 13.7. The fourth-order valence-corrected chi connectivity index (χ4v) is 9.86. The lowest BCUT2D eigenvalue weighted by atomic mass is 9.34. The van der Waals surface area contributed by atoms with Gasteiger partial charge in [0.2, 0.25) is 5.78 Å². The van der Waals surface area contributed by atoms with Crippen molar-refractivity contribution in [1.82, 2.24) is 9.55 Å². The highest BCUT2D eigenvalue weighted by Crippen LogP contribution is 2.75. The molecular weight excluding hydrogens is 558 g/mol. The van der Waals surface area contributed by atoms with E-state index in [4.69, 9.17) is 4.74 Å². The van der Waals surface area contributed by atoms with Gasteiger partial charge < -0.3 is 20.0 Å². The first-order valence-corrected chi connectivity index (χ1v) is 16.0. The van der Waals surface area contributed by atoms with E-state index in [1.807, 2.05) is 6.92 Å². The Balaban J connectivity index is 1.24. The molecule has 0 aromatic carbocycles. The minimum absolute atomic E-state index is 0.0503. The van der Waals surface area contributed by atoms with Gasteiger partial charge >= 0.3 is 11.9 Å². The number of carbonyl (C=O) groups is 2. The molecule has 0 saturated heterocycles. The molecule has 0 amide bonds. The molecule has 0 unspecified atom stereocenters. The molecule has 0 bridgehead atoms. The predicted octanol–water partition coefficient (Wildman–Crippen LogP) is 7.35. The Bertz CT molecular complexity index is 1580. The molecule has 3 fully saturated rings. The molecule has 0 radical (unpaired) electrons. The number of carbonyl (C=O) groups excluding carboxylic acids is 2. The molecule has 6 rings (SSSR count). The lowest BCUT2D eigenvalue weighted by Crippen LogP contribution is -2.62. The molecule has 0 aliphatic heterocycles. The van der Waals surface area contributed by atoms with Crippen LogP contribution in [0.1, 0.15) is 92.9 Å². The first-order chi connectivity index (χ1) is 20.6. The predicted molar refractivity (Wildman–Crippen MR) is 165 cm³/mol. The number of nitrogens with zero attached hydrogens (tertiary/aromatic N) is 3. The average molecular weight is 604 g/mol. The van der Waals surface area contributed by atoms with Crippen LogP contribution in [0.5, 0.6) is 0 Å². The Morgan fingerprint density at radius 3 is 2.57 bits per heavy atom. The van der Waals surface area contributed by atoms with Crippen LogP contribution in [0.3, 0.4) is 0 Å². The van der Waals surface area contributed by atoms with Gasteiger partial charge in [-0.25, -0.2) is 4.57 Å². The van der Waals surface area contributed by atoms with E-state index >= 15 is 0 Å². The SMILES string of the molecule is CC1=C(O)C(=O)C=C2C1=CC=C1[C@@]2(C)CC[C@@]2(C)[C@@H]3C[C@](C)(C(=O)OCCCn4ccnc4[N+](=O)[O-])CC[C@]3(C)CC[C@]12C. The van der Waals surface area contributed by atoms with E-state index < -0.39 is 10.3 Å². The highest BCUT2D eigenvalue weighted by Gasteiger charge is 2.67. The fourth-order valence-electron chi connectivity index (χ4n) is 9.86.